The second kappa shape index (κ2) is 7.98. The van der Waals surface area contributed by atoms with E-state index in [1.807, 2.05) is 35.8 Å². The summed E-state index contributed by atoms with van der Waals surface area (Å²) >= 11 is 0. The van der Waals surface area contributed by atoms with Crippen molar-refractivity contribution in [2.75, 3.05) is 0 Å². The number of oxazole rings is 1. The van der Waals surface area contributed by atoms with Gasteiger partial charge in [0.1, 0.15) is 25.9 Å². The summed E-state index contributed by atoms with van der Waals surface area (Å²) in [4.78, 5) is 13.7. The third-order valence-corrected chi connectivity index (χ3v) is 6.31. The highest BCUT2D eigenvalue weighted by Gasteiger charge is 2.25. The number of nitrogens with zero attached hydrogens (tertiary/aromatic N) is 4. The van der Waals surface area contributed by atoms with Crippen molar-refractivity contribution in [2.24, 2.45) is 4.99 Å². The molecule has 0 spiro atoms. The molecule has 3 heterocycles. The SMILES string of the molecule is Cc1ncoc1-c1ncn2c1CN=C(c1ccccc1F)c1cc(C#C[Si](C)(C)C)ccc1-2. The lowest BCUT2D eigenvalue weighted by Crippen LogP contribution is -2.16. The summed E-state index contributed by atoms with van der Waals surface area (Å²) in [6.45, 7) is 8.83. The van der Waals surface area contributed by atoms with Gasteiger partial charge >= 0.3 is 0 Å². The molecule has 0 aliphatic carbocycles. The molecule has 0 saturated heterocycles. The fraction of sp³-hybridized carbons (Fsp3) is 0.192. The first kappa shape index (κ1) is 21.1. The van der Waals surface area contributed by atoms with Gasteiger partial charge in [0, 0.05) is 16.7 Å². The molecule has 33 heavy (non-hydrogen) atoms. The van der Waals surface area contributed by atoms with Crippen LogP contribution in [-0.2, 0) is 6.54 Å². The van der Waals surface area contributed by atoms with Gasteiger partial charge in [0.25, 0.3) is 0 Å². The summed E-state index contributed by atoms with van der Waals surface area (Å²) in [5, 5.41) is 0. The first-order valence-corrected chi connectivity index (χ1v) is 14.3. The van der Waals surface area contributed by atoms with Crippen LogP contribution in [0.4, 0.5) is 4.39 Å². The molecular weight excluding hydrogens is 431 g/mol. The molecule has 2 aromatic carbocycles. The average molecular weight is 455 g/mol. The molecule has 0 N–H and O–H groups in total. The molecule has 164 valence electrons. The molecule has 0 saturated carbocycles. The summed E-state index contributed by atoms with van der Waals surface area (Å²) in [6, 6.07) is 12.7. The van der Waals surface area contributed by atoms with Gasteiger partial charge in [0.2, 0.25) is 0 Å². The van der Waals surface area contributed by atoms with Crippen molar-refractivity contribution in [3.8, 4) is 28.6 Å². The van der Waals surface area contributed by atoms with E-state index < -0.39 is 8.07 Å². The lowest BCUT2D eigenvalue weighted by atomic mass is 9.98. The first-order valence-electron chi connectivity index (χ1n) is 10.8. The molecule has 1 aliphatic heterocycles. The highest BCUT2D eigenvalue weighted by Crippen LogP contribution is 2.32. The van der Waals surface area contributed by atoms with Crippen LogP contribution in [0.15, 0.2) is 64.6 Å². The smallest absolute Gasteiger partial charge is 0.181 e. The van der Waals surface area contributed by atoms with Gasteiger partial charge in [-0.05, 0) is 37.3 Å². The van der Waals surface area contributed by atoms with Crippen molar-refractivity contribution in [3.05, 3.63) is 89.1 Å². The number of aromatic nitrogens is 3. The van der Waals surface area contributed by atoms with Crippen LogP contribution in [-0.4, -0.2) is 28.3 Å². The van der Waals surface area contributed by atoms with E-state index in [1.165, 1.54) is 12.5 Å². The minimum atomic E-state index is -1.55. The number of benzene rings is 2. The summed E-state index contributed by atoms with van der Waals surface area (Å²) in [7, 11) is -1.55. The third-order valence-electron chi connectivity index (χ3n) is 5.44. The van der Waals surface area contributed by atoms with Crippen LogP contribution < -0.4 is 0 Å². The van der Waals surface area contributed by atoms with Crippen molar-refractivity contribution in [1.29, 1.82) is 0 Å². The highest BCUT2D eigenvalue weighted by atomic mass is 28.3. The molecule has 4 aromatic rings. The maximum Gasteiger partial charge on any atom is 0.181 e. The summed E-state index contributed by atoms with van der Waals surface area (Å²) in [5.41, 5.74) is 9.37. The Morgan fingerprint density at radius 1 is 1.06 bits per heavy atom. The topological polar surface area (TPSA) is 56.2 Å². The molecule has 7 heteroatoms. The number of aliphatic imine (C=N–C) groups is 1. The van der Waals surface area contributed by atoms with E-state index in [0.717, 1.165) is 28.2 Å². The van der Waals surface area contributed by atoms with Crippen molar-refractivity contribution in [3.63, 3.8) is 0 Å². The number of rotatable bonds is 2. The van der Waals surface area contributed by atoms with Crippen LogP contribution in [0, 0.1) is 24.2 Å². The molecule has 2 aromatic heterocycles. The maximum absolute atomic E-state index is 14.9. The normalized spacial score (nSPS) is 12.8. The lowest BCUT2D eigenvalue weighted by Gasteiger charge is -2.13. The van der Waals surface area contributed by atoms with Gasteiger partial charge < -0.3 is 4.42 Å². The van der Waals surface area contributed by atoms with Crippen molar-refractivity contribution in [2.45, 2.75) is 33.1 Å². The second-order valence-electron chi connectivity index (χ2n) is 9.05. The lowest BCUT2D eigenvalue weighted by molar-refractivity contribution is 0.568. The Kier molecular flexibility index (Phi) is 5.10. The van der Waals surface area contributed by atoms with Crippen LogP contribution in [0.3, 0.4) is 0 Å². The van der Waals surface area contributed by atoms with Gasteiger partial charge in [-0.1, -0.05) is 37.7 Å². The zero-order chi connectivity index (χ0) is 23.2. The Morgan fingerprint density at radius 3 is 2.61 bits per heavy atom. The molecule has 5 nitrogen and oxygen atoms in total. The Hall–Kier alpha value is -3.76. The molecule has 1 aliphatic rings. The molecule has 0 fully saturated rings. The van der Waals surface area contributed by atoms with Crippen LogP contribution in [0.5, 0.6) is 0 Å². The second-order valence-corrected chi connectivity index (χ2v) is 13.8. The van der Waals surface area contributed by atoms with Crippen LogP contribution >= 0.6 is 0 Å². The third kappa shape index (κ3) is 3.94. The van der Waals surface area contributed by atoms with Crippen molar-refractivity contribution >= 4 is 13.8 Å². The predicted octanol–water partition coefficient (Wildman–Crippen LogP) is 5.55. The molecule has 0 radical (unpaired) electrons. The molecule has 0 bridgehead atoms. The van der Waals surface area contributed by atoms with E-state index >= 15 is 0 Å². The van der Waals surface area contributed by atoms with E-state index in [4.69, 9.17) is 9.41 Å². The Balaban J connectivity index is 1.74. The van der Waals surface area contributed by atoms with E-state index in [0.29, 0.717) is 29.3 Å². The minimum absolute atomic E-state index is 0.309. The molecule has 0 atom stereocenters. The van der Waals surface area contributed by atoms with Crippen molar-refractivity contribution < 1.29 is 8.81 Å². The first-order chi connectivity index (χ1) is 15.8. The largest absolute Gasteiger partial charge is 0.441 e. The van der Waals surface area contributed by atoms with E-state index in [-0.39, 0.29) is 5.82 Å². The van der Waals surface area contributed by atoms with Crippen LogP contribution in [0.25, 0.3) is 17.1 Å². The molecule has 0 amide bonds. The average Bonchev–Trinajstić information content (AvgIpc) is 3.35. The Labute approximate surface area is 193 Å². The zero-order valence-electron chi connectivity index (χ0n) is 19.0. The van der Waals surface area contributed by atoms with E-state index in [9.17, 15) is 4.39 Å². The molecule has 0 unspecified atom stereocenters. The Bertz CT molecular complexity index is 1460. The maximum atomic E-state index is 14.9. The van der Waals surface area contributed by atoms with Gasteiger partial charge in [0.15, 0.2) is 12.2 Å². The summed E-state index contributed by atoms with van der Waals surface area (Å²) in [5.74, 6) is 3.63. The predicted molar refractivity (Wildman–Crippen MR) is 130 cm³/mol. The summed E-state index contributed by atoms with van der Waals surface area (Å²) < 4.78 is 22.5. The molecular formula is C26H23FN4OSi. The number of halogens is 1. The van der Waals surface area contributed by atoms with Gasteiger partial charge in [-0.3, -0.25) is 9.56 Å². The number of imidazole rings is 1. The van der Waals surface area contributed by atoms with Gasteiger partial charge in [-0.15, -0.1) is 5.54 Å². The number of fused-ring (bicyclic) bond motifs is 3. The number of hydrogen-bond donors (Lipinski definition) is 0. The van der Waals surface area contributed by atoms with E-state index in [2.05, 4.69) is 41.1 Å². The van der Waals surface area contributed by atoms with Crippen LogP contribution in [0.2, 0.25) is 19.6 Å². The number of aryl methyl sites for hydroxylation is 1. The fourth-order valence-electron chi connectivity index (χ4n) is 3.85. The quantitative estimate of drug-likeness (QED) is 0.295. The van der Waals surface area contributed by atoms with Crippen molar-refractivity contribution in [1.82, 2.24) is 14.5 Å². The standard InChI is InChI=1S/C26H23FN4OSi/c1-17-26(32-16-30-17)25-23-14-28-24(19-7-5-6-8-21(19)27)20-13-18(11-12-33(2,3)4)9-10-22(20)31(23)15-29-25/h5-10,13,15-16H,14H2,1-4H3. The van der Waals surface area contributed by atoms with Gasteiger partial charge in [0.05, 0.1) is 29.3 Å². The monoisotopic (exact) mass is 454 g/mol. The zero-order valence-corrected chi connectivity index (χ0v) is 20.0. The number of hydrogen-bond acceptors (Lipinski definition) is 4. The van der Waals surface area contributed by atoms with Crippen LogP contribution in [0.1, 0.15) is 28.1 Å². The summed E-state index contributed by atoms with van der Waals surface area (Å²) in [6.07, 6.45) is 3.18. The minimum Gasteiger partial charge on any atom is -0.441 e. The van der Waals surface area contributed by atoms with Gasteiger partial charge in [-0.2, -0.15) is 0 Å². The molecule has 5 rings (SSSR count). The van der Waals surface area contributed by atoms with E-state index in [1.54, 1.807) is 18.5 Å². The fourth-order valence-corrected chi connectivity index (χ4v) is 4.37. The highest BCUT2D eigenvalue weighted by molar-refractivity contribution is 6.83. The Morgan fingerprint density at radius 2 is 1.88 bits per heavy atom. The van der Waals surface area contributed by atoms with Gasteiger partial charge in [-0.25, -0.2) is 14.4 Å².